The summed E-state index contributed by atoms with van der Waals surface area (Å²) in [4.78, 5) is 30.9. The summed E-state index contributed by atoms with van der Waals surface area (Å²) < 4.78 is 64.6. The quantitative estimate of drug-likeness (QED) is 0.0711. The maximum Gasteiger partial charge on any atom is 0.415 e. The van der Waals surface area contributed by atoms with Crippen LogP contribution in [0.1, 0.15) is 58.8 Å². The molecule has 1 aromatic heterocycles. The zero-order chi connectivity index (χ0) is 38.6. The summed E-state index contributed by atoms with van der Waals surface area (Å²) in [6.45, 7) is -0.257. The summed E-state index contributed by atoms with van der Waals surface area (Å²) in [6, 6.07) is 16.5. The fraction of sp³-hybridized carbons (Fsp3) is 0.375. The molecule has 3 aromatic carbocycles. The van der Waals surface area contributed by atoms with Crippen molar-refractivity contribution in [3.8, 4) is 11.5 Å². The molecular formula is C40H38Cl2F3N3O7. The van der Waals surface area contributed by atoms with Crippen LogP contribution in [0.3, 0.4) is 0 Å². The number of esters is 1. The summed E-state index contributed by atoms with van der Waals surface area (Å²) in [5.74, 6) is -0.911. The first kappa shape index (κ1) is 38.6. The van der Waals surface area contributed by atoms with E-state index in [1.807, 2.05) is 0 Å². The molecule has 0 N–H and O–H groups in total. The molecule has 3 aliphatic heterocycles. The van der Waals surface area contributed by atoms with E-state index in [9.17, 15) is 23.6 Å². The average Bonchev–Trinajstić information content (AvgIpc) is 4.00. The number of rotatable bonds is 14. The van der Waals surface area contributed by atoms with Crippen molar-refractivity contribution in [1.29, 1.82) is 0 Å². The van der Waals surface area contributed by atoms with Crippen molar-refractivity contribution >= 4 is 41.0 Å². The van der Waals surface area contributed by atoms with E-state index in [0.717, 1.165) is 51.2 Å². The second-order valence-corrected chi connectivity index (χ2v) is 14.8. The normalized spacial score (nSPS) is 19.5. The summed E-state index contributed by atoms with van der Waals surface area (Å²) >= 11 is 12.8. The highest BCUT2D eigenvalue weighted by atomic mass is 35.5. The highest BCUT2D eigenvalue weighted by Crippen LogP contribution is 2.38. The van der Waals surface area contributed by atoms with Gasteiger partial charge in [0.2, 0.25) is 0 Å². The molecule has 8 rings (SSSR count). The third-order valence-electron chi connectivity index (χ3n) is 10.2. The van der Waals surface area contributed by atoms with Crippen LogP contribution in [-0.2, 0) is 22.4 Å². The number of alkyl halides is 2. The number of aromatic nitrogens is 1. The molecule has 4 aliphatic rings. The first-order chi connectivity index (χ1) is 26.5. The minimum absolute atomic E-state index is 0.0298. The van der Waals surface area contributed by atoms with Crippen molar-refractivity contribution in [2.24, 2.45) is 11.8 Å². The second kappa shape index (κ2) is 17.0. The van der Waals surface area contributed by atoms with E-state index in [1.165, 1.54) is 53.4 Å². The monoisotopic (exact) mass is 799 g/mol. The van der Waals surface area contributed by atoms with E-state index >= 15 is 4.39 Å². The predicted molar refractivity (Wildman–Crippen MR) is 197 cm³/mol. The van der Waals surface area contributed by atoms with Gasteiger partial charge in [-0.3, -0.25) is 9.80 Å². The van der Waals surface area contributed by atoms with Gasteiger partial charge in [-0.25, -0.2) is 14.0 Å². The number of amides is 1. The highest BCUT2D eigenvalue weighted by molar-refractivity contribution is 6.35. The average molecular weight is 801 g/mol. The van der Waals surface area contributed by atoms with Gasteiger partial charge in [-0.15, -0.1) is 0 Å². The molecule has 55 heavy (non-hydrogen) atoms. The molecule has 4 aromatic rings. The number of anilines is 1. The van der Waals surface area contributed by atoms with Gasteiger partial charge in [0.1, 0.15) is 28.1 Å². The molecule has 15 heteroatoms. The van der Waals surface area contributed by atoms with Crippen molar-refractivity contribution < 1.29 is 46.4 Å². The van der Waals surface area contributed by atoms with Crippen LogP contribution in [0.4, 0.5) is 23.7 Å². The molecule has 2 atom stereocenters. The summed E-state index contributed by atoms with van der Waals surface area (Å²) in [5.41, 5.74) is 1.47. The van der Waals surface area contributed by atoms with Crippen molar-refractivity contribution in [3.05, 3.63) is 122 Å². The smallest absolute Gasteiger partial charge is 0.415 e. The van der Waals surface area contributed by atoms with Crippen molar-refractivity contribution in [2.75, 3.05) is 31.1 Å². The number of para-hydroxylation sites is 1. The number of carbonyl (C=O) groups excluding carboxylic acids is 2. The Hall–Kier alpha value is -4.72. The number of carbonyl (C=O) groups is 2. The summed E-state index contributed by atoms with van der Waals surface area (Å²) in [7, 11) is 0. The molecule has 1 unspecified atom stereocenters. The summed E-state index contributed by atoms with van der Waals surface area (Å²) in [5, 5.41) is 12.0. The van der Waals surface area contributed by atoms with Crippen LogP contribution in [0.2, 0.25) is 10.0 Å². The summed E-state index contributed by atoms with van der Waals surface area (Å²) in [6.07, 6.45) is 3.91. The molecule has 10 nitrogen and oxygen atoms in total. The maximum atomic E-state index is 15.1. The number of ether oxygens (including phenoxy) is 4. The molecule has 4 fully saturated rings. The van der Waals surface area contributed by atoms with Crippen LogP contribution < -0.4 is 19.1 Å². The Morgan fingerprint density at radius 3 is 2.29 bits per heavy atom. The molecule has 4 heterocycles. The third kappa shape index (κ3) is 9.57. The Morgan fingerprint density at radius 1 is 0.945 bits per heavy atom. The van der Waals surface area contributed by atoms with Gasteiger partial charge in [0.25, 0.3) is 0 Å². The fourth-order valence-electron chi connectivity index (χ4n) is 6.94. The lowest BCUT2D eigenvalue weighted by atomic mass is 9.86. The van der Waals surface area contributed by atoms with Gasteiger partial charge >= 0.3 is 18.7 Å². The van der Waals surface area contributed by atoms with E-state index < -0.39 is 30.6 Å². The Kier molecular flexibility index (Phi) is 11.9. The topological polar surface area (TPSA) is 104 Å². The van der Waals surface area contributed by atoms with E-state index in [2.05, 4.69) is 9.64 Å². The predicted octanol–water partition coefficient (Wildman–Crippen LogP) is 8.53. The van der Waals surface area contributed by atoms with Gasteiger partial charge in [0.15, 0.2) is 23.9 Å². The number of benzene rings is 3. The van der Waals surface area contributed by atoms with Gasteiger partial charge in [-0.1, -0.05) is 53.5 Å². The molecule has 1 saturated carbocycles. The minimum Gasteiger partial charge on any atom is -0.619 e. The number of fused-ring (bicyclic) bond motifs is 3. The van der Waals surface area contributed by atoms with Gasteiger partial charge in [0.05, 0.1) is 24.4 Å². The molecule has 0 radical (unpaired) electrons. The zero-order valence-corrected chi connectivity index (χ0v) is 31.1. The molecule has 3 saturated heterocycles. The number of halogens is 5. The van der Waals surface area contributed by atoms with Crippen LogP contribution in [0.15, 0.2) is 79.1 Å². The van der Waals surface area contributed by atoms with Crippen LogP contribution in [0.5, 0.6) is 11.5 Å². The van der Waals surface area contributed by atoms with Crippen molar-refractivity contribution in [3.63, 3.8) is 0 Å². The van der Waals surface area contributed by atoms with Crippen LogP contribution in [-0.4, -0.2) is 55.9 Å². The SMILES string of the molecule is O=C(OC(Cc1c(Cl)c[n+]([O-])cc1Cl)c1ccc(OC(F)F)c(OCC2CC2)c1)c1ccc(CN(C(=O)O[C@H]2CN3CCC2CC3)c2ccccc2F)cc1. The lowest BCUT2D eigenvalue weighted by Gasteiger charge is -2.44. The van der Waals surface area contributed by atoms with Crippen molar-refractivity contribution in [1.82, 2.24) is 4.90 Å². The molecule has 290 valence electrons. The van der Waals surface area contributed by atoms with E-state index in [0.29, 0.717) is 40.5 Å². The number of pyridine rings is 1. The first-order valence-corrected chi connectivity index (χ1v) is 18.8. The largest absolute Gasteiger partial charge is 0.619 e. The van der Waals surface area contributed by atoms with Crippen molar-refractivity contribution in [2.45, 2.75) is 57.5 Å². The second-order valence-electron chi connectivity index (χ2n) is 14.0. The van der Waals surface area contributed by atoms with Gasteiger partial charge < -0.3 is 24.2 Å². The van der Waals surface area contributed by atoms with E-state index in [4.69, 9.17) is 37.4 Å². The Labute approximate surface area is 325 Å². The van der Waals surface area contributed by atoms with Gasteiger partial charge in [-0.05, 0) is 98.1 Å². The lowest BCUT2D eigenvalue weighted by molar-refractivity contribution is -0.605. The van der Waals surface area contributed by atoms with Gasteiger partial charge in [-0.2, -0.15) is 13.5 Å². The minimum atomic E-state index is -3.10. The zero-order valence-electron chi connectivity index (χ0n) is 29.6. The Bertz CT molecular complexity index is 1990. The Morgan fingerprint density at radius 2 is 1.65 bits per heavy atom. The maximum absolute atomic E-state index is 15.1. The van der Waals surface area contributed by atoms with Crippen LogP contribution in [0, 0.1) is 22.9 Å². The molecule has 0 spiro atoms. The fourth-order valence-corrected chi connectivity index (χ4v) is 7.54. The highest BCUT2D eigenvalue weighted by Gasteiger charge is 2.38. The standard InChI is InChI=1S/C40H38Cl2F3N3O7/c41-30-20-47(51)21-31(42)29(30)18-35(28-11-12-34(54-39(44)45)36(17-28)52-23-25-5-6-25)53-38(49)27-9-7-24(8-10-27)19-48(33-4-2-1-3-32(33)43)40(50)55-37-22-46-15-13-26(37)14-16-46/h1-4,7-12,17,20-21,25-26,35,37,39H,5-6,13-16,18-19,22-23H2/t35?,37-/m0/s1. The molecule has 1 amide bonds. The molecule has 2 bridgehead atoms. The number of piperidine rings is 3. The Balaban J connectivity index is 1.12. The lowest BCUT2D eigenvalue weighted by Crippen LogP contribution is -2.53. The van der Waals surface area contributed by atoms with E-state index in [1.54, 1.807) is 18.2 Å². The number of hydrogen-bond acceptors (Lipinski definition) is 8. The third-order valence-corrected chi connectivity index (χ3v) is 10.8. The molecule has 1 aliphatic carbocycles. The van der Waals surface area contributed by atoms with Crippen LogP contribution >= 0.6 is 23.2 Å². The van der Waals surface area contributed by atoms with Gasteiger partial charge in [0, 0.05) is 18.5 Å². The first-order valence-electron chi connectivity index (χ1n) is 18.0. The molecular weight excluding hydrogens is 762 g/mol. The number of hydrogen-bond donors (Lipinski definition) is 0. The van der Waals surface area contributed by atoms with Crippen LogP contribution in [0.25, 0.3) is 0 Å². The van der Waals surface area contributed by atoms with E-state index in [-0.39, 0.29) is 57.8 Å². The number of nitrogens with zero attached hydrogens (tertiary/aromatic N) is 3.